The van der Waals surface area contributed by atoms with E-state index in [0.29, 0.717) is 0 Å². The molecule has 2 N–H and O–H groups in total. The molecule has 0 aromatic carbocycles. The molecule has 0 amide bonds. The van der Waals surface area contributed by atoms with Gasteiger partial charge in [0.25, 0.3) is 0 Å². The fraction of sp³-hybridized carbons (Fsp3) is 0.714. The van der Waals surface area contributed by atoms with E-state index >= 15 is 0 Å². The zero-order chi connectivity index (χ0) is 13.5. The molecule has 102 valence electrons. The van der Waals surface area contributed by atoms with E-state index < -0.39 is 0 Å². The Labute approximate surface area is 110 Å². The fourth-order valence-corrected chi connectivity index (χ4v) is 2.00. The highest BCUT2D eigenvalue weighted by Crippen LogP contribution is 2.15. The fourth-order valence-electron chi connectivity index (χ4n) is 2.00. The minimum atomic E-state index is 0.0584. The lowest BCUT2D eigenvalue weighted by molar-refractivity contribution is 0.0922. The van der Waals surface area contributed by atoms with Crippen molar-refractivity contribution in [1.29, 1.82) is 0 Å². The predicted molar refractivity (Wildman–Crippen MR) is 73.5 cm³/mol. The second kappa shape index (κ2) is 7.31. The summed E-state index contributed by atoms with van der Waals surface area (Å²) in [4.78, 5) is 12.2. The monoisotopic (exact) mass is 251 g/mol. The Morgan fingerprint density at radius 1 is 1.44 bits per heavy atom. The number of aromatic nitrogens is 2. The van der Waals surface area contributed by atoms with E-state index in [2.05, 4.69) is 12.0 Å². The second-order valence-electron chi connectivity index (χ2n) is 5.17. The third-order valence-electron chi connectivity index (χ3n) is 3.11. The number of aryl methyl sites for hydroxylation is 1. The molecule has 1 heterocycles. The van der Waals surface area contributed by atoms with Crippen LogP contribution in [0.15, 0.2) is 12.4 Å². The number of nitrogens with zero attached hydrogens (tertiary/aromatic N) is 2. The average Bonchev–Trinajstić information content (AvgIpc) is 2.76. The minimum absolute atomic E-state index is 0.0584. The van der Waals surface area contributed by atoms with Crippen molar-refractivity contribution in [3.63, 3.8) is 0 Å². The Hall–Kier alpha value is -1.16. The number of hydrogen-bond acceptors (Lipinski definition) is 3. The zero-order valence-corrected chi connectivity index (χ0v) is 11.7. The van der Waals surface area contributed by atoms with Crippen LogP contribution in [0.5, 0.6) is 0 Å². The molecular weight excluding hydrogens is 226 g/mol. The number of carbonyl (C=O) groups excluding carboxylic acids is 1. The van der Waals surface area contributed by atoms with E-state index in [9.17, 15) is 4.79 Å². The van der Waals surface area contributed by atoms with Crippen molar-refractivity contribution in [2.24, 2.45) is 11.7 Å². The Balaban J connectivity index is 2.46. The van der Waals surface area contributed by atoms with Crippen LogP contribution in [0.25, 0.3) is 0 Å². The van der Waals surface area contributed by atoms with Gasteiger partial charge in [0.2, 0.25) is 0 Å². The minimum Gasteiger partial charge on any atom is -0.328 e. The van der Waals surface area contributed by atoms with E-state index in [1.807, 2.05) is 24.7 Å². The largest absolute Gasteiger partial charge is 0.328 e. The first-order valence-corrected chi connectivity index (χ1v) is 6.86. The Morgan fingerprint density at radius 3 is 2.78 bits per heavy atom. The molecule has 0 aliphatic heterocycles. The molecule has 0 fully saturated rings. The molecule has 0 radical (unpaired) electrons. The molecule has 0 aliphatic rings. The highest BCUT2D eigenvalue weighted by molar-refractivity contribution is 5.97. The molecule has 0 saturated carbocycles. The van der Waals surface area contributed by atoms with E-state index in [4.69, 9.17) is 5.73 Å². The van der Waals surface area contributed by atoms with Gasteiger partial charge in [-0.1, -0.05) is 20.3 Å². The van der Waals surface area contributed by atoms with Gasteiger partial charge in [-0.3, -0.25) is 9.48 Å². The van der Waals surface area contributed by atoms with Gasteiger partial charge in [0.1, 0.15) is 0 Å². The summed E-state index contributed by atoms with van der Waals surface area (Å²) in [6.07, 6.45) is 7.45. The molecule has 1 aromatic heterocycles. The number of rotatable bonds is 8. The number of hydrogen-bond donors (Lipinski definition) is 1. The van der Waals surface area contributed by atoms with Gasteiger partial charge in [0, 0.05) is 24.7 Å². The lowest BCUT2D eigenvalue weighted by Crippen LogP contribution is -2.16. The van der Waals surface area contributed by atoms with Crippen LogP contribution < -0.4 is 5.73 Å². The third-order valence-corrected chi connectivity index (χ3v) is 3.11. The summed E-state index contributed by atoms with van der Waals surface area (Å²) in [7, 11) is 0. The average molecular weight is 251 g/mol. The van der Waals surface area contributed by atoms with Crippen LogP contribution in [0.1, 0.15) is 56.8 Å². The first kappa shape index (κ1) is 14.9. The second-order valence-corrected chi connectivity index (χ2v) is 5.17. The maximum absolute atomic E-state index is 12.2. The normalized spacial score (nSPS) is 14.4. The Morgan fingerprint density at radius 2 is 2.17 bits per heavy atom. The van der Waals surface area contributed by atoms with Crippen LogP contribution in [0.3, 0.4) is 0 Å². The molecule has 2 atom stereocenters. The lowest BCUT2D eigenvalue weighted by atomic mass is 9.95. The summed E-state index contributed by atoms with van der Waals surface area (Å²) < 4.78 is 1.84. The van der Waals surface area contributed by atoms with Crippen LogP contribution in [0, 0.1) is 5.92 Å². The first-order valence-electron chi connectivity index (χ1n) is 6.86. The van der Waals surface area contributed by atoms with Crippen molar-refractivity contribution in [2.75, 3.05) is 0 Å². The van der Waals surface area contributed by atoms with Crippen molar-refractivity contribution in [3.8, 4) is 0 Å². The molecule has 4 heteroatoms. The van der Waals surface area contributed by atoms with Crippen LogP contribution in [-0.2, 0) is 6.54 Å². The summed E-state index contributed by atoms with van der Waals surface area (Å²) in [6, 6.07) is 0.222. The number of ketones is 1. The van der Waals surface area contributed by atoms with Crippen LogP contribution in [0.2, 0.25) is 0 Å². The summed E-state index contributed by atoms with van der Waals surface area (Å²) in [5.74, 6) is 0.255. The van der Waals surface area contributed by atoms with E-state index in [0.717, 1.165) is 37.8 Å². The SMILES string of the molecule is CCCn1cc(C(=O)C(C)CCCC(C)N)cn1. The topological polar surface area (TPSA) is 60.9 Å². The van der Waals surface area contributed by atoms with Gasteiger partial charge in [-0.2, -0.15) is 5.10 Å². The van der Waals surface area contributed by atoms with Gasteiger partial charge in [-0.05, 0) is 26.2 Å². The highest BCUT2D eigenvalue weighted by atomic mass is 16.1. The Bertz CT molecular complexity index is 371. The van der Waals surface area contributed by atoms with Gasteiger partial charge in [-0.15, -0.1) is 0 Å². The molecular formula is C14H25N3O. The quantitative estimate of drug-likeness (QED) is 0.722. The smallest absolute Gasteiger partial charge is 0.168 e. The number of nitrogens with two attached hydrogens (primary N) is 1. The van der Waals surface area contributed by atoms with Crippen molar-refractivity contribution >= 4 is 5.78 Å². The number of Topliss-reactive ketones (excluding diaryl/α,β-unsaturated/α-hetero) is 1. The van der Waals surface area contributed by atoms with Crippen molar-refractivity contribution in [1.82, 2.24) is 9.78 Å². The van der Waals surface area contributed by atoms with Gasteiger partial charge in [0.15, 0.2) is 5.78 Å². The van der Waals surface area contributed by atoms with Gasteiger partial charge in [0.05, 0.1) is 11.8 Å². The summed E-state index contributed by atoms with van der Waals surface area (Å²) in [6.45, 7) is 6.95. The number of carbonyl (C=O) groups is 1. The van der Waals surface area contributed by atoms with Gasteiger partial charge < -0.3 is 5.73 Å². The van der Waals surface area contributed by atoms with Crippen LogP contribution in [0.4, 0.5) is 0 Å². The third kappa shape index (κ3) is 4.61. The molecule has 2 unspecified atom stereocenters. The molecule has 0 aliphatic carbocycles. The summed E-state index contributed by atoms with van der Waals surface area (Å²) in [5, 5.41) is 4.19. The Kier molecular flexibility index (Phi) is 6.05. The summed E-state index contributed by atoms with van der Waals surface area (Å²) in [5.41, 5.74) is 6.44. The van der Waals surface area contributed by atoms with Crippen molar-refractivity contribution in [2.45, 2.75) is 59.0 Å². The van der Waals surface area contributed by atoms with E-state index in [-0.39, 0.29) is 17.7 Å². The van der Waals surface area contributed by atoms with Crippen LogP contribution in [-0.4, -0.2) is 21.6 Å². The molecule has 1 aromatic rings. The molecule has 4 nitrogen and oxygen atoms in total. The molecule has 18 heavy (non-hydrogen) atoms. The molecule has 0 saturated heterocycles. The van der Waals surface area contributed by atoms with Crippen LogP contribution >= 0.6 is 0 Å². The van der Waals surface area contributed by atoms with Gasteiger partial charge >= 0.3 is 0 Å². The van der Waals surface area contributed by atoms with Crippen molar-refractivity contribution < 1.29 is 4.79 Å². The maximum Gasteiger partial charge on any atom is 0.168 e. The van der Waals surface area contributed by atoms with Gasteiger partial charge in [-0.25, -0.2) is 0 Å². The predicted octanol–water partition coefficient (Wildman–Crippen LogP) is 2.63. The maximum atomic E-state index is 12.2. The lowest BCUT2D eigenvalue weighted by Gasteiger charge is -2.10. The molecule has 0 bridgehead atoms. The van der Waals surface area contributed by atoms with Crippen molar-refractivity contribution in [3.05, 3.63) is 18.0 Å². The van der Waals surface area contributed by atoms with E-state index in [1.54, 1.807) is 6.20 Å². The summed E-state index contributed by atoms with van der Waals surface area (Å²) >= 11 is 0. The standard InChI is InChI=1S/C14H25N3O/c1-4-8-17-10-13(9-16-17)14(18)11(2)6-5-7-12(3)15/h9-12H,4-8,15H2,1-3H3. The highest BCUT2D eigenvalue weighted by Gasteiger charge is 2.16. The first-order chi connectivity index (χ1) is 8.54. The van der Waals surface area contributed by atoms with E-state index in [1.165, 1.54) is 0 Å². The molecule has 1 rings (SSSR count). The molecule has 0 spiro atoms. The zero-order valence-electron chi connectivity index (χ0n) is 11.7.